The molecule has 2 aliphatic rings. The maximum atomic E-state index is 14.2. The van der Waals surface area contributed by atoms with Crippen LogP contribution in [0.3, 0.4) is 0 Å². The van der Waals surface area contributed by atoms with E-state index in [1.165, 1.54) is 0 Å². The Morgan fingerprint density at radius 1 is 0.879 bits per heavy atom. The summed E-state index contributed by atoms with van der Waals surface area (Å²) in [5.41, 5.74) is 3.76. The Hall–Kier alpha value is -1.21. The van der Waals surface area contributed by atoms with Crippen molar-refractivity contribution in [3.63, 3.8) is 0 Å². The SMILES string of the molecule is CC(C)(C)[N+](C)(C)[Si](=O)C1C=CC2=C1c1ccccc1C(=C(F)F)c1ccccc12.Cl.Cl.[Ti]. The van der Waals surface area contributed by atoms with Gasteiger partial charge >= 0.3 is 8.84 Å². The predicted octanol–water partition coefficient (Wildman–Crippen LogP) is 7.14. The number of hydrogen-bond acceptors (Lipinski definition) is 1. The van der Waals surface area contributed by atoms with Crippen molar-refractivity contribution >= 4 is 50.4 Å². The molecular formula is C25H28Cl2F2NOSiTi+. The van der Waals surface area contributed by atoms with Gasteiger partial charge in [-0.15, -0.1) is 24.8 Å². The third kappa shape index (κ3) is 4.82. The van der Waals surface area contributed by atoms with Crippen molar-refractivity contribution in [3.8, 4) is 0 Å². The molecule has 0 saturated carbocycles. The van der Waals surface area contributed by atoms with Crippen LogP contribution in [-0.4, -0.2) is 32.6 Å². The molecule has 0 bridgehead atoms. The fourth-order valence-corrected chi connectivity index (χ4v) is 6.37. The first kappa shape index (κ1) is 29.8. The van der Waals surface area contributed by atoms with Crippen molar-refractivity contribution in [2.75, 3.05) is 14.1 Å². The molecule has 0 aromatic heterocycles. The molecule has 0 heterocycles. The molecule has 2 aliphatic carbocycles. The van der Waals surface area contributed by atoms with Crippen LogP contribution >= 0.6 is 24.8 Å². The van der Waals surface area contributed by atoms with Crippen LogP contribution in [0.25, 0.3) is 16.7 Å². The van der Waals surface area contributed by atoms with Crippen LogP contribution < -0.4 is 0 Å². The first-order valence-electron chi connectivity index (χ1n) is 10.1. The molecule has 0 radical (unpaired) electrons. The van der Waals surface area contributed by atoms with Crippen molar-refractivity contribution in [3.05, 3.63) is 89.0 Å². The molecule has 2 aromatic rings. The van der Waals surface area contributed by atoms with E-state index in [2.05, 4.69) is 20.8 Å². The zero-order valence-electron chi connectivity index (χ0n) is 19.3. The van der Waals surface area contributed by atoms with Crippen LogP contribution in [0.2, 0.25) is 5.54 Å². The van der Waals surface area contributed by atoms with Gasteiger partial charge in [-0.25, -0.2) is 0 Å². The minimum atomic E-state index is -2.23. The van der Waals surface area contributed by atoms with Gasteiger partial charge in [0.05, 0.1) is 25.2 Å². The van der Waals surface area contributed by atoms with Gasteiger partial charge in [-0.05, 0) is 54.2 Å². The van der Waals surface area contributed by atoms with E-state index in [4.69, 9.17) is 0 Å². The summed E-state index contributed by atoms with van der Waals surface area (Å²) in [6, 6.07) is 14.6. The molecule has 1 atom stereocenters. The zero-order valence-corrected chi connectivity index (χ0v) is 23.5. The molecule has 8 heteroatoms. The minimum absolute atomic E-state index is 0. The van der Waals surface area contributed by atoms with Gasteiger partial charge in [-0.2, -0.15) is 8.78 Å². The Morgan fingerprint density at radius 2 is 1.33 bits per heavy atom. The third-order valence-corrected chi connectivity index (χ3v) is 9.50. The van der Waals surface area contributed by atoms with Crippen molar-refractivity contribution in [1.29, 1.82) is 0 Å². The molecule has 2 aromatic carbocycles. The molecule has 4 rings (SSSR count). The van der Waals surface area contributed by atoms with Gasteiger partial charge in [-0.3, -0.25) is 0 Å². The van der Waals surface area contributed by atoms with Gasteiger partial charge in [-0.1, -0.05) is 60.7 Å². The van der Waals surface area contributed by atoms with Crippen LogP contribution in [0.15, 0.2) is 66.8 Å². The van der Waals surface area contributed by atoms with Crippen molar-refractivity contribution in [2.24, 2.45) is 0 Å². The van der Waals surface area contributed by atoms with E-state index in [-0.39, 0.29) is 63.2 Å². The number of quaternary nitrogens is 1. The van der Waals surface area contributed by atoms with Crippen molar-refractivity contribution in [1.82, 2.24) is 0 Å². The molecule has 0 N–H and O–H groups in total. The second kappa shape index (κ2) is 10.6. The number of fused-ring (bicyclic) bond motifs is 4. The third-order valence-electron chi connectivity index (χ3n) is 6.71. The number of rotatable bonds is 2. The normalized spacial score (nSPS) is 16.3. The summed E-state index contributed by atoms with van der Waals surface area (Å²) in [6.07, 6.45) is 2.28. The summed E-state index contributed by atoms with van der Waals surface area (Å²) < 4.78 is 42.7. The van der Waals surface area contributed by atoms with E-state index >= 15 is 0 Å². The van der Waals surface area contributed by atoms with Crippen LogP contribution in [0.1, 0.15) is 43.0 Å². The Kier molecular flexibility index (Phi) is 9.57. The number of hydrogen-bond donors (Lipinski definition) is 0. The Bertz CT molecular complexity index is 1160. The van der Waals surface area contributed by atoms with E-state index in [1.807, 2.05) is 50.5 Å². The predicted molar refractivity (Wildman–Crippen MR) is 134 cm³/mol. The summed E-state index contributed by atoms with van der Waals surface area (Å²) in [5.74, 6) is 0. The average molecular weight is 543 g/mol. The average Bonchev–Trinajstić information content (AvgIpc) is 3.07. The van der Waals surface area contributed by atoms with Gasteiger partial charge in [0.2, 0.25) is 0 Å². The maximum absolute atomic E-state index is 14.2. The van der Waals surface area contributed by atoms with Gasteiger partial charge in [0, 0.05) is 21.7 Å². The Labute approximate surface area is 223 Å². The first-order chi connectivity index (χ1) is 14.1. The minimum Gasteiger partial charge on any atom is -0.328 e. The molecule has 0 saturated heterocycles. The van der Waals surface area contributed by atoms with Gasteiger partial charge in [0.15, 0.2) is 0 Å². The van der Waals surface area contributed by atoms with Gasteiger partial charge in [0.1, 0.15) is 5.54 Å². The molecule has 0 aliphatic heterocycles. The summed E-state index contributed by atoms with van der Waals surface area (Å²) in [4.78, 5) is 0. The fraction of sp³-hybridized carbons (Fsp3) is 0.280. The van der Waals surface area contributed by atoms with E-state index in [9.17, 15) is 13.2 Å². The van der Waals surface area contributed by atoms with E-state index in [0.29, 0.717) is 15.3 Å². The van der Waals surface area contributed by atoms with Gasteiger partial charge < -0.3 is 8.61 Å². The molecular weight excluding hydrogens is 515 g/mol. The summed E-state index contributed by atoms with van der Waals surface area (Å²) in [5, 5.41) is 0. The molecule has 0 amide bonds. The second-order valence-corrected chi connectivity index (χ2v) is 11.8. The molecule has 174 valence electrons. The topological polar surface area (TPSA) is 17.1 Å². The van der Waals surface area contributed by atoms with Crippen molar-refractivity contribution in [2.45, 2.75) is 31.9 Å². The van der Waals surface area contributed by atoms with Crippen LogP contribution in [-0.2, 0) is 26.2 Å². The largest absolute Gasteiger partial charge is 0.565 e. The number of allylic oxidation sites excluding steroid dienone is 4. The number of nitrogens with zero attached hydrogens (tertiary/aromatic N) is 1. The Morgan fingerprint density at radius 3 is 1.82 bits per heavy atom. The molecule has 0 spiro atoms. The van der Waals surface area contributed by atoms with E-state index in [1.54, 1.807) is 24.3 Å². The maximum Gasteiger partial charge on any atom is 0.565 e. The summed E-state index contributed by atoms with van der Waals surface area (Å²) in [6.45, 7) is 6.25. The standard InChI is InChI=1S/C25H26F2NOSi.2ClH.Ti/c1-25(2,3)28(4,5)30(29)21-15-14-20-16-10-6-7-11-17(16)23(24(26)27)19-13-9-8-12-18(19)22(20)21;;;/h6-15,21H,1-5H3;2*1H;/q+1;;;. The van der Waals surface area contributed by atoms with Crippen LogP contribution in [0.5, 0.6) is 0 Å². The smallest absolute Gasteiger partial charge is 0.328 e. The second-order valence-electron chi connectivity index (χ2n) is 9.35. The molecule has 2 nitrogen and oxygen atoms in total. The molecule has 0 fully saturated rings. The number of benzene rings is 2. The summed E-state index contributed by atoms with van der Waals surface area (Å²) in [7, 11) is 1.77. The van der Waals surface area contributed by atoms with Gasteiger partial charge in [0.25, 0.3) is 6.08 Å². The van der Waals surface area contributed by atoms with E-state index in [0.717, 1.165) is 22.3 Å². The van der Waals surface area contributed by atoms with Crippen LogP contribution in [0, 0.1) is 0 Å². The summed E-state index contributed by atoms with van der Waals surface area (Å²) >= 11 is 0. The Balaban J connectivity index is 0.00000181. The van der Waals surface area contributed by atoms with Crippen LogP contribution in [0.4, 0.5) is 8.78 Å². The fourth-order valence-electron chi connectivity index (χ4n) is 4.20. The van der Waals surface area contributed by atoms with Crippen molar-refractivity contribution < 1.29 is 39.1 Å². The monoisotopic (exact) mass is 542 g/mol. The first-order valence-corrected chi connectivity index (χ1v) is 11.5. The molecule has 1 unspecified atom stereocenters. The molecule has 33 heavy (non-hydrogen) atoms. The number of halogens is 4. The van der Waals surface area contributed by atoms with E-state index < -0.39 is 14.9 Å². The zero-order chi connectivity index (χ0) is 21.8. The quantitative estimate of drug-likeness (QED) is 0.368.